The van der Waals surface area contributed by atoms with Gasteiger partial charge in [0.2, 0.25) is 5.91 Å². The first kappa shape index (κ1) is 20.0. The molecule has 0 aliphatic heterocycles. The smallest absolute Gasteiger partial charge is 0.255 e. The second-order valence-electron chi connectivity index (χ2n) is 7.98. The van der Waals surface area contributed by atoms with Crippen LogP contribution in [0, 0.1) is 5.92 Å². The number of nitrogens with zero attached hydrogens (tertiary/aromatic N) is 1. The fourth-order valence-electron chi connectivity index (χ4n) is 3.72. The van der Waals surface area contributed by atoms with Crippen molar-refractivity contribution in [3.05, 3.63) is 78.1 Å². The van der Waals surface area contributed by atoms with Gasteiger partial charge in [0.1, 0.15) is 5.82 Å². The van der Waals surface area contributed by atoms with E-state index in [0.717, 1.165) is 40.4 Å². The van der Waals surface area contributed by atoms with Crippen LogP contribution >= 0.6 is 0 Å². The maximum absolute atomic E-state index is 12.7. The van der Waals surface area contributed by atoms with E-state index in [2.05, 4.69) is 20.6 Å². The standard InChI is InChI=1S/C25H23N5O2/c26-13-15-4-6-16(7-5-15)24(31)29-21-3-1-2-19-20(14-28-23(19)21)18-10-11-27-22(12-18)30-25(32)17-8-9-17/h1-7,10-12,14,17,28H,8-9,13,26H2,(H,29,31)(H,27,30,32). The van der Waals surface area contributed by atoms with Crippen LogP contribution in [0.5, 0.6) is 0 Å². The van der Waals surface area contributed by atoms with Crippen molar-refractivity contribution >= 4 is 34.2 Å². The van der Waals surface area contributed by atoms with E-state index in [1.807, 2.05) is 48.7 Å². The lowest BCUT2D eigenvalue weighted by Gasteiger charge is -2.08. The van der Waals surface area contributed by atoms with Crippen molar-refractivity contribution in [2.45, 2.75) is 19.4 Å². The molecular weight excluding hydrogens is 402 g/mol. The quantitative estimate of drug-likeness (QED) is 0.369. The molecule has 0 radical (unpaired) electrons. The summed E-state index contributed by atoms with van der Waals surface area (Å²) in [7, 11) is 0. The Balaban J connectivity index is 1.41. The van der Waals surface area contributed by atoms with Crippen molar-refractivity contribution in [3.8, 4) is 11.1 Å². The number of nitrogens with one attached hydrogen (secondary N) is 3. The summed E-state index contributed by atoms with van der Waals surface area (Å²) in [4.78, 5) is 32.4. The molecule has 2 heterocycles. The third-order valence-corrected chi connectivity index (χ3v) is 5.69. The lowest BCUT2D eigenvalue weighted by atomic mass is 10.0. The van der Waals surface area contributed by atoms with Crippen LogP contribution in [-0.4, -0.2) is 21.8 Å². The molecule has 2 amide bonds. The van der Waals surface area contributed by atoms with Gasteiger partial charge in [-0.15, -0.1) is 0 Å². The highest BCUT2D eigenvalue weighted by molar-refractivity contribution is 6.10. The van der Waals surface area contributed by atoms with Crippen molar-refractivity contribution < 1.29 is 9.59 Å². The van der Waals surface area contributed by atoms with E-state index in [0.29, 0.717) is 23.6 Å². The highest BCUT2D eigenvalue weighted by atomic mass is 16.2. The van der Waals surface area contributed by atoms with E-state index in [1.165, 1.54) is 0 Å². The van der Waals surface area contributed by atoms with Gasteiger partial charge >= 0.3 is 0 Å². The molecule has 32 heavy (non-hydrogen) atoms. The minimum absolute atomic E-state index is 0.0260. The Morgan fingerprint density at radius 2 is 1.88 bits per heavy atom. The SMILES string of the molecule is NCc1ccc(C(=O)Nc2cccc3c(-c4ccnc(NC(=O)C5CC5)c4)c[nH]c23)cc1. The lowest BCUT2D eigenvalue weighted by molar-refractivity contribution is -0.117. The van der Waals surface area contributed by atoms with Gasteiger partial charge in [0.25, 0.3) is 5.91 Å². The number of rotatable bonds is 6. The zero-order valence-electron chi connectivity index (χ0n) is 17.4. The second-order valence-corrected chi connectivity index (χ2v) is 7.98. The van der Waals surface area contributed by atoms with Gasteiger partial charge in [0.15, 0.2) is 0 Å². The zero-order chi connectivity index (χ0) is 22.1. The Kier molecular flexibility index (Phi) is 5.17. The molecule has 0 spiro atoms. The Bertz CT molecular complexity index is 1310. The Hall–Kier alpha value is -3.97. The van der Waals surface area contributed by atoms with Gasteiger partial charge in [-0.05, 0) is 54.3 Å². The monoisotopic (exact) mass is 425 g/mol. The van der Waals surface area contributed by atoms with Crippen LogP contribution in [0.4, 0.5) is 11.5 Å². The molecule has 1 aliphatic rings. The van der Waals surface area contributed by atoms with Crippen LogP contribution in [-0.2, 0) is 11.3 Å². The summed E-state index contributed by atoms with van der Waals surface area (Å²) in [6.07, 6.45) is 5.48. The van der Waals surface area contributed by atoms with Crippen molar-refractivity contribution in [2.24, 2.45) is 11.7 Å². The van der Waals surface area contributed by atoms with Gasteiger partial charge < -0.3 is 21.4 Å². The van der Waals surface area contributed by atoms with Crippen molar-refractivity contribution in [1.29, 1.82) is 0 Å². The fraction of sp³-hybridized carbons (Fsp3) is 0.160. The summed E-state index contributed by atoms with van der Waals surface area (Å²) in [6.45, 7) is 0.438. The summed E-state index contributed by atoms with van der Waals surface area (Å²) in [5, 5.41) is 6.85. The number of aromatic amines is 1. The molecule has 5 rings (SSSR count). The molecule has 0 atom stereocenters. The molecular formula is C25H23N5O2. The molecule has 160 valence electrons. The van der Waals surface area contributed by atoms with Crippen molar-refractivity contribution in [3.63, 3.8) is 0 Å². The summed E-state index contributed by atoms with van der Waals surface area (Å²) in [5.41, 5.74) is 10.6. The van der Waals surface area contributed by atoms with Crippen molar-refractivity contribution in [1.82, 2.24) is 9.97 Å². The van der Waals surface area contributed by atoms with E-state index in [4.69, 9.17) is 5.73 Å². The predicted molar refractivity (Wildman–Crippen MR) is 125 cm³/mol. The molecule has 7 nitrogen and oxygen atoms in total. The van der Waals surface area contributed by atoms with Crippen LogP contribution in [0.25, 0.3) is 22.0 Å². The summed E-state index contributed by atoms with van der Waals surface area (Å²) in [5.74, 6) is 0.495. The minimum Gasteiger partial charge on any atom is -0.359 e. The van der Waals surface area contributed by atoms with Gasteiger partial charge in [0.05, 0.1) is 11.2 Å². The number of hydrogen-bond donors (Lipinski definition) is 4. The van der Waals surface area contributed by atoms with Gasteiger partial charge in [-0.1, -0.05) is 24.3 Å². The topological polar surface area (TPSA) is 113 Å². The number of hydrogen-bond acceptors (Lipinski definition) is 4. The number of carbonyl (C=O) groups is 2. The van der Waals surface area contributed by atoms with Crippen LogP contribution < -0.4 is 16.4 Å². The molecule has 0 unspecified atom stereocenters. The number of nitrogens with two attached hydrogens (primary N) is 1. The minimum atomic E-state index is -0.189. The highest BCUT2D eigenvalue weighted by Gasteiger charge is 2.29. The molecule has 5 N–H and O–H groups in total. The molecule has 0 bridgehead atoms. The number of fused-ring (bicyclic) bond motifs is 1. The van der Waals surface area contributed by atoms with Gasteiger partial charge in [0, 0.05) is 41.4 Å². The number of aromatic nitrogens is 2. The lowest BCUT2D eigenvalue weighted by Crippen LogP contribution is -2.14. The third-order valence-electron chi connectivity index (χ3n) is 5.69. The Morgan fingerprint density at radius 3 is 2.62 bits per heavy atom. The maximum Gasteiger partial charge on any atom is 0.255 e. The number of amides is 2. The first-order valence-electron chi connectivity index (χ1n) is 10.6. The van der Waals surface area contributed by atoms with E-state index in [1.54, 1.807) is 18.3 Å². The van der Waals surface area contributed by atoms with Gasteiger partial charge in [-0.25, -0.2) is 4.98 Å². The Labute approximate surface area is 185 Å². The summed E-state index contributed by atoms with van der Waals surface area (Å²) < 4.78 is 0. The fourth-order valence-corrected chi connectivity index (χ4v) is 3.72. The number of anilines is 2. The number of H-pyrrole nitrogens is 1. The molecule has 1 saturated carbocycles. The number of benzene rings is 2. The normalized spacial score (nSPS) is 13.2. The molecule has 7 heteroatoms. The van der Waals surface area contributed by atoms with E-state index in [-0.39, 0.29) is 17.7 Å². The molecule has 1 fully saturated rings. The summed E-state index contributed by atoms with van der Waals surface area (Å²) in [6, 6.07) is 16.8. The molecule has 1 aliphatic carbocycles. The predicted octanol–water partition coefficient (Wildman–Crippen LogP) is 4.29. The summed E-state index contributed by atoms with van der Waals surface area (Å²) >= 11 is 0. The first-order valence-corrected chi connectivity index (χ1v) is 10.6. The number of carbonyl (C=O) groups excluding carboxylic acids is 2. The van der Waals surface area contributed by atoms with E-state index in [9.17, 15) is 9.59 Å². The number of para-hydroxylation sites is 1. The molecule has 0 saturated heterocycles. The molecule has 2 aromatic heterocycles. The average Bonchev–Trinajstić information content (AvgIpc) is 3.58. The van der Waals surface area contributed by atoms with Crippen LogP contribution in [0.1, 0.15) is 28.8 Å². The zero-order valence-corrected chi connectivity index (χ0v) is 17.4. The largest absolute Gasteiger partial charge is 0.359 e. The Morgan fingerprint density at radius 1 is 1.06 bits per heavy atom. The van der Waals surface area contributed by atoms with Crippen molar-refractivity contribution in [2.75, 3.05) is 10.6 Å². The molecule has 2 aromatic carbocycles. The van der Waals surface area contributed by atoms with Crippen LogP contribution in [0.3, 0.4) is 0 Å². The highest BCUT2D eigenvalue weighted by Crippen LogP contribution is 2.34. The number of pyridine rings is 1. The first-order chi connectivity index (χ1) is 15.6. The van der Waals surface area contributed by atoms with Crippen LogP contribution in [0.2, 0.25) is 0 Å². The maximum atomic E-state index is 12.7. The van der Waals surface area contributed by atoms with Crippen LogP contribution in [0.15, 0.2) is 67.0 Å². The van der Waals surface area contributed by atoms with E-state index >= 15 is 0 Å². The third kappa shape index (κ3) is 3.98. The van der Waals surface area contributed by atoms with E-state index < -0.39 is 0 Å². The second kappa shape index (κ2) is 8.28. The van der Waals surface area contributed by atoms with Gasteiger partial charge in [-0.3, -0.25) is 9.59 Å². The average molecular weight is 425 g/mol. The molecule has 4 aromatic rings. The van der Waals surface area contributed by atoms with Gasteiger partial charge in [-0.2, -0.15) is 0 Å².